The molecule has 1 saturated carbocycles. The van der Waals surface area contributed by atoms with E-state index in [0.717, 1.165) is 10.9 Å². The molecule has 1 aromatic heterocycles. The van der Waals surface area contributed by atoms with Gasteiger partial charge in [0.1, 0.15) is 0 Å². The van der Waals surface area contributed by atoms with Crippen LogP contribution in [0.5, 0.6) is 0 Å². The number of thioether (sulfide) groups is 1. The zero-order valence-electron chi connectivity index (χ0n) is 11.8. The van der Waals surface area contributed by atoms with Crippen LogP contribution < -0.4 is 5.73 Å². The van der Waals surface area contributed by atoms with E-state index in [1.165, 1.54) is 29.5 Å². The molecule has 1 aliphatic rings. The molecule has 1 aliphatic carbocycles. The number of benzene rings is 1. The smallest absolute Gasteiger partial charge is 0.209 e. The van der Waals surface area contributed by atoms with Crippen molar-refractivity contribution in [2.75, 3.05) is 5.75 Å². The van der Waals surface area contributed by atoms with Crippen LogP contribution in [0.1, 0.15) is 41.6 Å². The molecule has 0 saturated heterocycles. The molecular weight excluding hydrogens is 270 g/mol. The van der Waals surface area contributed by atoms with Gasteiger partial charge in [0.05, 0.1) is 6.04 Å². The van der Waals surface area contributed by atoms with Crippen LogP contribution >= 0.6 is 11.8 Å². The lowest BCUT2D eigenvalue weighted by Gasteiger charge is -2.13. The summed E-state index contributed by atoms with van der Waals surface area (Å²) in [5, 5.41) is 12.8. The molecule has 0 radical (unpaired) electrons. The highest BCUT2D eigenvalue weighted by Gasteiger charge is 2.28. The highest BCUT2D eigenvalue weighted by Crippen LogP contribution is 2.36. The van der Waals surface area contributed by atoms with Gasteiger partial charge < -0.3 is 5.73 Å². The predicted octanol–water partition coefficient (Wildman–Crippen LogP) is 2.42. The second-order valence-electron chi connectivity index (χ2n) is 5.40. The van der Waals surface area contributed by atoms with Crippen molar-refractivity contribution < 1.29 is 0 Å². The number of aryl methyl sites for hydroxylation is 2. The van der Waals surface area contributed by atoms with Crippen LogP contribution in [0.4, 0.5) is 0 Å². The average Bonchev–Trinajstić information content (AvgIpc) is 3.18. The maximum atomic E-state index is 6.27. The van der Waals surface area contributed by atoms with Crippen LogP contribution in [0.3, 0.4) is 0 Å². The Labute approximate surface area is 122 Å². The van der Waals surface area contributed by atoms with Crippen LogP contribution in [0.15, 0.2) is 23.4 Å². The SMILES string of the molecule is Cc1ccc(C(N)CSc2nnnn2C2CC2)cc1C. The van der Waals surface area contributed by atoms with Gasteiger partial charge in [-0.05, 0) is 53.8 Å². The van der Waals surface area contributed by atoms with E-state index in [9.17, 15) is 0 Å². The molecule has 6 heteroatoms. The van der Waals surface area contributed by atoms with Gasteiger partial charge in [0, 0.05) is 11.8 Å². The van der Waals surface area contributed by atoms with E-state index in [0.29, 0.717) is 6.04 Å². The van der Waals surface area contributed by atoms with Gasteiger partial charge in [0.2, 0.25) is 5.16 Å². The molecule has 20 heavy (non-hydrogen) atoms. The van der Waals surface area contributed by atoms with Gasteiger partial charge in [-0.2, -0.15) is 0 Å². The molecule has 1 heterocycles. The molecule has 0 aliphatic heterocycles. The highest BCUT2D eigenvalue weighted by molar-refractivity contribution is 7.99. The van der Waals surface area contributed by atoms with E-state index >= 15 is 0 Å². The van der Waals surface area contributed by atoms with Crippen LogP contribution in [-0.4, -0.2) is 26.0 Å². The first-order valence-electron chi connectivity index (χ1n) is 6.88. The fourth-order valence-corrected chi connectivity index (χ4v) is 3.02. The molecular formula is C14H19N5S. The molecule has 1 fully saturated rings. The van der Waals surface area contributed by atoms with E-state index in [1.54, 1.807) is 11.8 Å². The normalized spacial score (nSPS) is 16.4. The topological polar surface area (TPSA) is 69.6 Å². The quantitative estimate of drug-likeness (QED) is 0.856. The van der Waals surface area contributed by atoms with Crippen LogP contribution in [0, 0.1) is 13.8 Å². The van der Waals surface area contributed by atoms with Crippen molar-refractivity contribution in [3.63, 3.8) is 0 Å². The molecule has 1 atom stereocenters. The Kier molecular flexibility index (Phi) is 3.76. The number of aromatic nitrogens is 4. The Hall–Kier alpha value is -1.40. The number of hydrogen-bond acceptors (Lipinski definition) is 5. The molecule has 1 aromatic carbocycles. The summed E-state index contributed by atoms with van der Waals surface area (Å²) in [6.45, 7) is 4.23. The van der Waals surface area contributed by atoms with Crippen molar-refractivity contribution in [2.24, 2.45) is 5.73 Å². The second kappa shape index (κ2) is 5.54. The number of nitrogens with two attached hydrogens (primary N) is 1. The fourth-order valence-electron chi connectivity index (χ4n) is 2.08. The zero-order chi connectivity index (χ0) is 14.1. The molecule has 106 valence electrons. The number of tetrazole rings is 1. The van der Waals surface area contributed by atoms with Gasteiger partial charge in [0.25, 0.3) is 0 Å². The third-order valence-electron chi connectivity index (χ3n) is 3.71. The molecule has 0 bridgehead atoms. The van der Waals surface area contributed by atoms with Gasteiger partial charge in [-0.15, -0.1) is 5.10 Å². The zero-order valence-corrected chi connectivity index (χ0v) is 12.6. The van der Waals surface area contributed by atoms with Gasteiger partial charge in [-0.25, -0.2) is 4.68 Å². The Morgan fingerprint density at radius 1 is 1.35 bits per heavy atom. The molecule has 1 unspecified atom stereocenters. The summed E-state index contributed by atoms with van der Waals surface area (Å²) in [6.07, 6.45) is 2.36. The van der Waals surface area contributed by atoms with Gasteiger partial charge in [0.15, 0.2) is 0 Å². The minimum absolute atomic E-state index is 0.00338. The Bertz CT molecular complexity index is 605. The van der Waals surface area contributed by atoms with Crippen LogP contribution in [0.25, 0.3) is 0 Å². The van der Waals surface area contributed by atoms with E-state index in [-0.39, 0.29) is 6.04 Å². The largest absolute Gasteiger partial charge is 0.323 e. The molecule has 5 nitrogen and oxygen atoms in total. The number of nitrogens with zero attached hydrogens (tertiary/aromatic N) is 4. The van der Waals surface area contributed by atoms with Crippen molar-refractivity contribution in [3.8, 4) is 0 Å². The van der Waals surface area contributed by atoms with Gasteiger partial charge in [-0.3, -0.25) is 0 Å². The van der Waals surface area contributed by atoms with E-state index in [4.69, 9.17) is 5.73 Å². The maximum absolute atomic E-state index is 6.27. The van der Waals surface area contributed by atoms with Gasteiger partial charge in [-0.1, -0.05) is 30.0 Å². The first-order valence-corrected chi connectivity index (χ1v) is 7.87. The fraction of sp³-hybridized carbons (Fsp3) is 0.500. The molecule has 0 spiro atoms. The summed E-state index contributed by atoms with van der Waals surface area (Å²) < 4.78 is 1.93. The van der Waals surface area contributed by atoms with Crippen molar-refractivity contribution in [3.05, 3.63) is 34.9 Å². The first kappa shape index (κ1) is 13.6. The standard InChI is InChI=1S/C14H19N5S/c1-9-3-4-11(7-10(9)2)13(15)8-20-14-16-17-18-19(14)12-5-6-12/h3-4,7,12-13H,5-6,8,15H2,1-2H3. The van der Waals surface area contributed by atoms with Crippen molar-refractivity contribution >= 4 is 11.8 Å². The first-order chi connectivity index (χ1) is 9.65. The summed E-state index contributed by atoms with van der Waals surface area (Å²) in [5.41, 5.74) is 10.0. The van der Waals surface area contributed by atoms with E-state index < -0.39 is 0 Å². The highest BCUT2D eigenvalue weighted by atomic mass is 32.2. The van der Waals surface area contributed by atoms with Crippen LogP contribution in [-0.2, 0) is 0 Å². The number of rotatable bonds is 5. The molecule has 0 amide bonds. The van der Waals surface area contributed by atoms with Crippen molar-refractivity contribution in [1.82, 2.24) is 20.2 Å². The minimum Gasteiger partial charge on any atom is -0.323 e. The third-order valence-corrected chi connectivity index (χ3v) is 4.76. The molecule has 2 N–H and O–H groups in total. The summed E-state index contributed by atoms with van der Waals surface area (Å²) >= 11 is 1.64. The summed E-state index contributed by atoms with van der Waals surface area (Å²) in [6, 6.07) is 6.92. The Balaban J connectivity index is 1.65. The van der Waals surface area contributed by atoms with Crippen LogP contribution in [0.2, 0.25) is 0 Å². The number of hydrogen-bond donors (Lipinski definition) is 1. The van der Waals surface area contributed by atoms with E-state index in [2.05, 4.69) is 47.6 Å². The minimum atomic E-state index is 0.00338. The second-order valence-corrected chi connectivity index (χ2v) is 6.39. The Morgan fingerprint density at radius 2 is 2.15 bits per heavy atom. The lowest BCUT2D eigenvalue weighted by Crippen LogP contribution is -2.14. The summed E-state index contributed by atoms with van der Waals surface area (Å²) in [4.78, 5) is 0. The molecule has 3 rings (SSSR count). The van der Waals surface area contributed by atoms with E-state index in [1.807, 2.05) is 4.68 Å². The van der Waals surface area contributed by atoms with Crippen molar-refractivity contribution in [2.45, 2.75) is 43.9 Å². The van der Waals surface area contributed by atoms with Gasteiger partial charge >= 0.3 is 0 Å². The summed E-state index contributed by atoms with van der Waals surface area (Å²) in [5.74, 6) is 0.787. The lowest BCUT2D eigenvalue weighted by molar-refractivity contribution is 0.565. The third kappa shape index (κ3) is 2.86. The summed E-state index contributed by atoms with van der Waals surface area (Å²) in [7, 11) is 0. The average molecular weight is 289 g/mol. The molecule has 2 aromatic rings. The van der Waals surface area contributed by atoms with Crippen molar-refractivity contribution in [1.29, 1.82) is 0 Å². The lowest BCUT2D eigenvalue weighted by atomic mass is 10.0. The monoisotopic (exact) mass is 289 g/mol. The predicted molar refractivity (Wildman–Crippen MR) is 79.7 cm³/mol. The maximum Gasteiger partial charge on any atom is 0.209 e. The Morgan fingerprint density at radius 3 is 2.85 bits per heavy atom.